The van der Waals surface area contributed by atoms with Gasteiger partial charge >= 0.3 is 0 Å². The summed E-state index contributed by atoms with van der Waals surface area (Å²) in [4.78, 5) is 19.8. The minimum absolute atomic E-state index is 0.0661. The van der Waals surface area contributed by atoms with Gasteiger partial charge in [0.1, 0.15) is 5.75 Å². The number of hydrogen-bond donors (Lipinski definition) is 1. The molecule has 0 aliphatic carbocycles. The molecule has 3 rings (SSSR count). The van der Waals surface area contributed by atoms with Crippen molar-refractivity contribution in [2.24, 2.45) is 11.3 Å². The van der Waals surface area contributed by atoms with Crippen molar-refractivity contribution in [1.29, 1.82) is 0 Å². The molecule has 0 radical (unpaired) electrons. The Kier molecular flexibility index (Phi) is 7.85. The summed E-state index contributed by atoms with van der Waals surface area (Å²) < 4.78 is 5.44. The Hall–Kier alpha value is -2.66. The van der Waals surface area contributed by atoms with Crippen LogP contribution in [-0.4, -0.2) is 42.5 Å². The summed E-state index contributed by atoms with van der Waals surface area (Å²) in [5, 5.41) is 3.30. The van der Waals surface area contributed by atoms with Crippen LogP contribution in [0.2, 0.25) is 0 Å². The van der Waals surface area contributed by atoms with Crippen molar-refractivity contribution in [2.75, 3.05) is 26.7 Å². The fourth-order valence-corrected chi connectivity index (χ4v) is 4.01. The normalized spacial score (nSPS) is 18.6. The Bertz CT molecular complexity index is 874. The molecule has 2 aromatic rings. The third kappa shape index (κ3) is 6.41. The maximum absolute atomic E-state index is 12.8. The second kappa shape index (κ2) is 10.6. The molecule has 0 bridgehead atoms. The van der Waals surface area contributed by atoms with Crippen molar-refractivity contribution < 1.29 is 9.53 Å². The smallest absolute Gasteiger partial charge is 0.225 e. The van der Waals surface area contributed by atoms with E-state index >= 15 is 0 Å². The second-order valence-corrected chi connectivity index (χ2v) is 9.26. The number of para-hydroxylation sites is 1. The van der Waals surface area contributed by atoms with Gasteiger partial charge in [-0.3, -0.25) is 14.7 Å². The lowest BCUT2D eigenvalue weighted by molar-refractivity contribution is -0.129. The highest BCUT2D eigenvalue weighted by Crippen LogP contribution is 2.30. The zero-order valence-corrected chi connectivity index (χ0v) is 19.2. The average Bonchev–Trinajstić information content (AvgIpc) is 2.77. The Morgan fingerprint density at radius 1 is 1.26 bits per heavy atom. The number of carbonyl (C=O) groups excluding carboxylic acids is 1. The van der Waals surface area contributed by atoms with Gasteiger partial charge in [0, 0.05) is 30.3 Å². The molecule has 1 aromatic heterocycles. The molecule has 166 valence electrons. The molecule has 1 aliphatic heterocycles. The molecular formula is C26H35N3O2. The first-order valence-electron chi connectivity index (χ1n) is 11.1. The molecule has 1 fully saturated rings. The maximum atomic E-state index is 12.8. The van der Waals surface area contributed by atoms with Gasteiger partial charge in [-0.25, -0.2) is 0 Å². The van der Waals surface area contributed by atoms with Crippen LogP contribution in [0.1, 0.15) is 50.9 Å². The molecule has 2 heterocycles. The van der Waals surface area contributed by atoms with Gasteiger partial charge < -0.3 is 10.1 Å². The molecule has 31 heavy (non-hydrogen) atoms. The summed E-state index contributed by atoms with van der Waals surface area (Å²) in [6, 6.07) is 13.9. The molecule has 0 unspecified atom stereocenters. The van der Waals surface area contributed by atoms with Gasteiger partial charge in [-0.05, 0) is 43.5 Å². The van der Waals surface area contributed by atoms with E-state index in [0.29, 0.717) is 5.92 Å². The van der Waals surface area contributed by atoms with Crippen molar-refractivity contribution in [1.82, 2.24) is 15.2 Å². The molecule has 5 nitrogen and oxygen atoms in total. The van der Waals surface area contributed by atoms with Crippen molar-refractivity contribution in [2.45, 2.75) is 39.7 Å². The fraction of sp³-hybridized carbons (Fsp3) is 0.462. The minimum atomic E-state index is -0.432. The molecule has 1 amide bonds. The van der Waals surface area contributed by atoms with E-state index in [-0.39, 0.29) is 11.9 Å². The number of likely N-dealkylation sites (tertiary alicyclic amines) is 1. The maximum Gasteiger partial charge on any atom is 0.225 e. The summed E-state index contributed by atoms with van der Waals surface area (Å²) in [5.74, 6) is 1.28. The van der Waals surface area contributed by atoms with Crippen LogP contribution in [0.3, 0.4) is 0 Å². The van der Waals surface area contributed by atoms with Gasteiger partial charge in [0.25, 0.3) is 0 Å². The van der Waals surface area contributed by atoms with Crippen molar-refractivity contribution in [3.05, 3.63) is 66.0 Å². The molecule has 1 saturated heterocycles. The van der Waals surface area contributed by atoms with Gasteiger partial charge in [-0.2, -0.15) is 0 Å². The number of ether oxygens (including phenoxy) is 1. The Morgan fingerprint density at radius 3 is 2.74 bits per heavy atom. The lowest BCUT2D eigenvalue weighted by Crippen LogP contribution is -2.45. The number of hydrogen-bond acceptors (Lipinski definition) is 4. The van der Waals surface area contributed by atoms with E-state index in [2.05, 4.69) is 33.4 Å². The first kappa shape index (κ1) is 23.0. The number of pyridine rings is 1. The van der Waals surface area contributed by atoms with E-state index in [4.69, 9.17) is 4.74 Å². The number of benzene rings is 1. The van der Waals surface area contributed by atoms with Crippen LogP contribution < -0.4 is 10.1 Å². The highest BCUT2D eigenvalue weighted by atomic mass is 16.5. The van der Waals surface area contributed by atoms with Crippen LogP contribution >= 0.6 is 0 Å². The molecular weight excluding hydrogens is 386 g/mol. The van der Waals surface area contributed by atoms with Crippen LogP contribution in [0.4, 0.5) is 0 Å². The zero-order valence-electron chi connectivity index (χ0n) is 19.2. The number of nitrogens with one attached hydrogen (secondary N) is 1. The SMILES string of the molecule is COc1ccccc1/C=C/CN1CCC[C@H]([C@@H](NC(=O)C(C)(C)C)c2ccccn2)C1. The Labute approximate surface area is 186 Å². The summed E-state index contributed by atoms with van der Waals surface area (Å²) >= 11 is 0. The minimum Gasteiger partial charge on any atom is -0.496 e. The highest BCUT2D eigenvalue weighted by molar-refractivity contribution is 5.81. The van der Waals surface area contributed by atoms with Gasteiger partial charge in [-0.15, -0.1) is 0 Å². The van der Waals surface area contributed by atoms with Crippen molar-refractivity contribution in [3.63, 3.8) is 0 Å². The number of rotatable bonds is 7. The molecule has 0 saturated carbocycles. The van der Waals surface area contributed by atoms with Crippen LogP contribution in [0.5, 0.6) is 5.75 Å². The first-order chi connectivity index (χ1) is 14.9. The average molecular weight is 422 g/mol. The predicted molar refractivity (Wildman–Crippen MR) is 126 cm³/mol. The van der Waals surface area contributed by atoms with E-state index in [0.717, 1.165) is 49.5 Å². The van der Waals surface area contributed by atoms with E-state index in [1.165, 1.54) is 0 Å². The highest BCUT2D eigenvalue weighted by Gasteiger charge is 2.32. The number of aromatic nitrogens is 1. The summed E-state index contributed by atoms with van der Waals surface area (Å²) in [6.45, 7) is 8.72. The number of amides is 1. The molecule has 1 aromatic carbocycles. The van der Waals surface area contributed by atoms with Crippen LogP contribution in [0.25, 0.3) is 6.08 Å². The summed E-state index contributed by atoms with van der Waals surface area (Å²) in [5.41, 5.74) is 1.60. The Balaban J connectivity index is 1.69. The molecule has 2 atom stereocenters. The molecule has 0 spiro atoms. The third-order valence-electron chi connectivity index (χ3n) is 5.79. The van der Waals surface area contributed by atoms with Gasteiger partial charge in [0.15, 0.2) is 0 Å². The largest absolute Gasteiger partial charge is 0.496 e. The number of piperidine rings is 1. The lowest BCUT2D eigenvalue weighted by Gasteiger charge is -2.37. The molecule has 1 aliphatic rings. The van der Waals surface area contributed by atoms with E-state index in [1.54, 1.807) is 7.11 Å². The number of carbonyl (C=O) groups is 1. The predicted octanol–water partition coefficient (Wildman–Crippen LogP) is 4.72. The van der Waals surface area contributed by atoms with E-state index < -0.39 is 5.41 Å². The quantitative estimate of drug-likeness (QED) is 0.703. The summed E-state index contributed by atoms with van der Waals surface area (Å²) in [6.07, 6.45) is 8.33. The van der Waals surface area contributed by atoms with E-state index in [9.17, 15) is 4.79 Å². The third-order valence-corrected chi connectivity index (χ3v) is 5.79. The fourth-order valence-electron chi connectivity index (χ4n) is 4.01. The topological polar surface area (TPSA) is 54.5 Å². The number of nitrogens with zero attached hydrogens (tertiary/aromatic N) is 2. The van der Waals surface area contributed by atoms with Crippen molar-refractivity contribution >= 4 is 12.0 Å². The first-order valence-corrected chi connectivity index (χ1v) is 11.1. The summed E-state index contributed by atoms with van der Waals surface area (Å²) in [7, 11) is 1.70. The molecule has 1 N–H and O–H groups in total. The monoisotopic (exact) mass is 421 g/mol. The lowest BCUT2D eigenvalue weighted by atomic mass is 9.86. The van der Waals surface area contributed by atoms with Crippen molar-refractivity contribution in [3.8, 4) is 5.75 Å². The van der Waals surface area contributed by atoms with Crippen LogP contribution in [0.15, 0.2) is 54.7 Å². The van der Waals surface area contributed by atoms with Gasteiger partial charge in [0.2, 0.25) is 5.91 Å². The molecule has 5 heteroatoms. The van der Waals surface area contributed by atoms with Crippen LogP contribution in [0, 0.1) is 11.3 Å². The van der Waals surface area contributed by atoms with Gasteiger partial charge in [0.05, 0.1) is 18.8 Å². The zero-order chi connectivity index (χ0) is 22.3. The van der Waals surface area contributed by atoms with Gasteiger partial charge in [-0.1, -0.05) is 57.2 Å². The number of methoxy groups -OCH3 is 1. The Morgan fingerprint density at radius 2 is 2.03 bits per heavy atom. The van der Waals surface area contributed by atoms with E-state index in [1.807, 2.05) is 63.4 Å². The second-order valence-electron chi connectivity index (χ2n) is 9.26. The van der Waals surface area contributed by atoms with Crippen LogP contribution in [-0.2, 0) is 4.79 Å². The standard InChI is InChI=1S/C26H35N3O2/c1-26(2,3)25(30)28-24(22-14-7-8-16-27-22)21-13-10-18-29(19-21)17-9-12-20-11-5-6-15-23(20)31-4/h5-9,11-12,14-16,21,24H,10,13,17-19H2,1-4H3,(H,28,30)/b12-9+/t21-,24+/m0/s1.